The minimum Gasteiger partial charge on any atom is -0.488 e. The highest BCUT2D eigenvalue weighted by Gasteiger charge is 2.07. The first kappa shape index (κ1) is 17.6. The molecule has 4 nitrogen and oxygen atoms in total. The highest BCUT2D eigenvalue weighted by atomic mass is 35.5. The van der Waals surface area contributed by atoms with Gasteiger partial charge in [0.05, 0.1) is 6.04 Å². The van der Waals surface area contributed by atoms with E-state index in [1.54, 1.807) is 31.2 Å². The number of nitrogens with two attached hydrogens (primary N) is 1. The third-order valence-corrected chi connectivity index (χ3v) is 2.15. The molecule has 0 aliphatic rings. The summed E-state index contributed by atoms with van der Waals surface area (Å²) in [5.74, 6) is 0.0803. The number of amides is 1. The van der Waals surface area contributed by atoms with Gasteiger partial charge in [0.1, 0.15) is 12.4 Å². The highest BCUT2D eigenvalue weighted by Crippen LogP contribution is 2.14. The molecule has 0 radical (unpaired) electrons. The summed E-state index contributed by atoms with van der Waals surface area (Å²) in [6, 6.07) is 6.04. The highest BCUT2D eigenvalue weighted by molar-refractivity contribution is 5.85. The van der Waals surface area contributed by atoms with Gasteiger partial charge in [0.25, 0.3) is 6.43 Å². The summed E-state index contributed by atoms with van der Waals surface area (Å²) in [5.41, 5.74) is 6.15. The second-order valence-corrected chi connectivity index (χ2v) is 3.86. The van der Waals surface area contributed by atoms with E-state index in [9.17, 15) is 13.6 Å². The maximum atomic E-state index is 12.0. The molecular formula is C12H17ClF2N2O2. The largest absolute Gasteiger partial charge is 0.488 e. The van der Waals surface area contributed by atoms with Crippen molar-refractivity contribution in [1.29, 1.82) is 0 Å². The molecule has 1 aromatic rings. The predicted octanol–water partition coefficient (Wildman–Crippen LogP) is 1.72. The van der Waals surface area contributed by atoms with Gasteiger partial charge in [-0.25, -0.2) is 8.78 Å². The van der Waals surface area contributed by atoms with Crippen LogP contribution in [0.5, 0.6) is 5.75 Å². The molecule has 19 heavy (non-hydrogen) atoms. The molecule has 0 spiro atoms. The zero-order valence-electron chi connectivity index (χ0n) is 10.4. The molecule has 1 aromatic carbocycles. The summed E-state index contributed by atoms with van der Waals surface area (Å²) in [5, 5.41) is 2.62. The summed E-state index contributed by atoms with van der Waals surface area (Å²) in [7, 11) is 0. The molecule has 0 aliphatic heterocycles. The van der Waals surface area contributed by atoms with Crippen LogP contribution in [-0.4, -0.2) is 25.0 Å². The fourth-order valence-electron chi connectivity index (χ4n) is 1.25. The number of rotatable bonds is 6. The maximum Gasteiger partial charge on any atom is 0.272 e. The maximum absolute atomic E-state index is 12.0. The van der Waals surface area contributed by atoms with E-state index in [4.69, 9.17) is 10.5 Å². The zero-order valence-corrected chi connectivity index (χ0v) is 11.3. The van der Waals surface area contributed by atoms with E-state index in [0.717, 1.165) is 5.56 Å². The van der Waals surface area contributed by atoms with Gasteiger partial charge < -0.3 is 15.8 Å². The van der Waals surface area contributed by atoms with Gasteiger partial charge >= 0.3 is 0 Å². The average molecular weight is 295 g/mol. The number of hydrogen-bond acceptors (Lipinski definition) is 3. The van der Waals surface area contributed by atoms with E-state index in [1.807, 2.05) is 0 Å². The summed E-state index contributed by atoms with van der Waals surface area (Å²) < 4.78 is 28.8. The van der Waals surface area contributed by atoms with Crippen LogP contribution in [0.4, 0.5) is 8.78 Å². The Hall–Kier alpha value is -1.40. The Balaban J connectivity index is 0.00000324. The van der Waals surface area contributed by atoms with Gasteiger partial charge in [0.15, 0.2) is 0 Å². The van der Waals surface area contributed by atoms with Crippen molar-refractivity contribution in [1.82, 2.24) is 5.32 Å². The van der Waals surface area contributed by atoms with E-state index in [1.165, 1.54) is 0 Å². The lowest BCUT2D eigenvalue weighted by Crippen LogP contribution is -2.37. The number of benzene rings is 1. The molecule has 0 aromatic heterocycles. The molecule has 1 atom stereocenters. The molecule has 0 saturated heterocycles. The summed E-state index contributed by atoms with van der Waals surface area (Å²) in [4.78, 5) is 11.2. The predicted molar refractivity (Wildman–Crippen MR) is 70.7 cm³/mol. The molecule has 3 N–H and O–H groups in total. The fourth-order valence-corrected chi connectivity index (χ4v) is 1.25. The van der Waals surface area contributed by atoms with Crippen molar-refractivity contribution in [2.24, 2.45) is 5.73 Å². The van der Waals surface area contributed by atoms with E-state index < -0.39 is 19.1 Å². The van der Waals surface area contributed by atoms with E-state index in [-0.39, 0.29) is 24.9 Å². The molecule has 0 aliphatic carbocycles. The molecule has 0 bridgehead atoms. The van der Waals surface area contributed by atoms with Crippen LogP contribution in [0.2, 0.25) is 0 Å². The van der Waals surface area contributed by atoms with Gasteiger partial charge in [-0.2, -0.15) is 0 Å². The lowest BCUT2D eigenvalue weighted by atomic mass is 10.2. The average Bonchev–Trinajstić information content (AvgIpc) is 2.33. The Morgan fingerprint density at radius 3 is 2.74 bits per heavy atom. The van der Waals surface area contributed by atoms with Crippen molar-refractivity contribution in [2.45, 2.75) is 25.9 Å². The van der Waals surface area contributed by atoms with Crippen molar-refractivity contribution in [3.63, 3.8) is 0 Å². The van der Waals surface area contributed by atoms with Crippen molar-refractivity contribution in [2.75, 3.05) is 6.61 Å². The number of ether oxygens (including phenoxy) is 1. The lowest BCUT2D eigenvalue weighted by Gasteiger charge is -2.10. The lowest BCUT2D eigenvalue weighted by molar-refractivity contribution is -0.122. The number of carbonyl (C=O) groups is 1. The van der Waals surface area contributed by atoms with Crippen LogP contribution in [0.25, 0.3) is 0 Å². The number of nitrogens with one attached hydrogen (secondary N) is 1. The Morgan fingerprint density at radius 1 is 1.47 bits per heavy atom. The molecule has 7 heteroatoms. The van der Waals surface area contributed by atoms with Gasteiger partial charge in [-0.1, -0.05) is 12.1 Å². The number of carbonyl (C=O) groups excluding carboxylic acids is 1. The zero-order chi connectivity index (χ0) is 13.5. The van der Waals surface area contributed by atoms with E-state index in [2.05, 4.69) is 5.32 Å². The third-order valence-electron chi connectivity index (χ3n) is 2.15. The number of alkyl halides is 2. The quantitative estimate of drug-likeness (QED) is 0.839. The number of halogens is 3. The standard InChI is InChI=1S/C12H16F2N2O2.ClH/c1-8(15)12(17)16-6-9-3-2-4-10(5-9)18-7-11(13)14;/h2-5,8,11H,6-7,15H2,1H3,(H,16,17);1H/t8-;/m0./s1. The SMILES string of the molecule is C[C@H](N)C(=O)NCc1cccc(OCC(F)F)c1.Cl. The van der Waals surface area contributed by atoms with Crippen molar-refractivity contribution >= 4 is 18.3 Å². The van der Waals surface area contributed by atoms with Gasteiger partial charge in [0.2, 0.25) is 5.91 Å². The van der Waals surface area contributed by atoms with Gasteiger partial charge in [-0.3, -0.25) is 4.79 Å². The second kappa shape index (κ2) is 8.66. The van der Waals surface area contributed by atoms with Crippen molar-refractivity contribution < 1.29 is 18.3 Å². The molecule has 1 amide bonds. The third kappa shape index (κ3) is 6.93. The first-order chi connectivity index (χ1) is 8.49. The molecule has 0 heterocycles. The van der Waals surface area contributed by atoms with Crippen molar-refractivity contribution in [3.8, 4) is 5.75 Å². The smallest absolute Gasteiger partial charge is 0.272 e. The first-order valence-electron chi connectivity index (χ1n) is 5.52. The summed E-state index contributed by atoms with van der Waals surface area (Å²) in [6.07, 6.45) is -2.51. The molecule has 108 valence electrons. The summed E-state index contributed by atoms with van der Waals surface area (Å²) in [6.45, 7) is 1.22. The van der Waals surface area contributed by atoms with Gasteiger partial charge in [-0.15, -0.1) is 12.4 Å². The molecule has 0 unspecified atom stereocenters. The molecular weight excluding hydrogens is 278 g/mol. The van der Waals surface area contributed by atoms with Crippen LogP contribution in [0.1, 0.15) is 12.5 Å². The molecule has 0 saturated carbocycles. The van der Waals surface area contributed by atoms with Gasteiger partial charge in [0, 0.05) is 6.54 Å². The monoisotopic (exact) mass is 294 g/mol. The van der Waals surface area contributed by atoms with E-state index >= 15 is 0 Å². The Bertz CT molecular complexity index is 403. The van der Waals surface area contributed by atoms with Crippen LogP contribution in [-0.2, 0) is 11.3 Å². The van der Waals surface area contributed by atoms with Crippen LogP contribution in [0.3, 0.4) is 0 Å². The minimum atomic E-state index is -2.51. The Kier molecular flexibility index (Phi) is 8.02. The van der Waals surface area contributed by atoms with Crippen molar-refractivity contribution in [3.05, 3.63) is 29.8 Å². The topological polar surface area (TPSA) is 64.4 Å². The van der Waals surface area contributed by atoms with Crippen LogP contribution in [0.15, 0.2) is 24.3 Å². The Morgan fingerprint density at radius 2 is 2.16 bits per heavy atom. The van der Waals surface area contributed by atoms with Crippen LogP contribution < -0.4 is 15.8 Å². The first-order valence-corrected chi connectivity index (χ1v) is 5.52. The normalized spacial score (nSPS) is 11.6. The summed E-state index contributed by atoms with van der Waals surface area (Å²) >= 11 is 0. The Labute approximate surface area is 116 Å². The van der Waals surface area contributed by atoms with Crippen LogP contribution in [0, 0.1) is 0 Å². The van der Waals surface area contributed by atoms with Gasteiger partial charge in [-0.05, 0) is 24.6 Å². The second-order valence-electron chi connectivity index (χ2n) is 3.86. The number of hydrogen-bond donors (Lipinski definition) is 2. The fraction of sp³-hybridized carbons (Fsp3) is 0.417. The van der Waals surface area contributed by atoms with E-state index in [0.29, 0.717) is 5.75 Å². The molecule has 0 fully saturated rings. The van der Waals surface area contributed by atoms with Crippen LogP contribution >= 0.6 is 12.4 Å². The minimum absolute atomic E-state index is 0. The molecule has 1 rings (SSSR count).